The highest BCUT2D eigenvalue weighted by atomic mass is 32.1. The lowest BCUT2D eigenvalue weighted by Gasteiger charge is -2.25. The first-order valence-corrected chi connectivity index (χ1v) is 8.80. The zero-order valence-corrected chi connectivity index (χ0v) is 16.0. The molecule has 1 heterocycles. The highest BCUT2D eigenvalue weighted by Crippen LogP contribution is 2.28. The molecule has 0 fully saturated rings. The molecule has 9 heteroatoms. The minimum Gasteiger partial charge on any atom is -0.481 e. The number of aliphatic carboxylic acids is 1. The third-order valence-corrected chi connectivity index (χ3v) is 4.32. The van der Waals surface area contributed by atoms with Crippen molar-refractivity contribution >= 4 is 34.4 Å². The number of thiazole rings is 1. The molecule has 0 aliphatic carbocycles. The van der Waals surface area contributed by atoms with Crippen molar-refractivity contribution in [2.75, 3.05) is 11.9 Å². The maximum absolute atomic E-state index is 12.1. The summed E-state index contributed by atoms with van der Waals surface area (Å²) in [7, 11) is 0. The van der Waals surface area contributed by atoms with Crippen molar-refractivity contribution in [3.8, 4) is 0 Å². The van der Waals surface area contributed by atoms with Gasteiger partial charge in [-0.15, -0.1) is 11.3 Å². The molecule has 0 bridgehead atoms. The average Bonchev–Trinajstić information content (AvgIpc) is 2.94. The molecular formula is C16H25N3O5S. The molecule has 0 aliphatic heterocycles. The predicted molar refractivity (Wildman–Crippen MR) is 94.9 cm³/mol. The smallest absolute Gasteiger partial charge is 0.321 e. The van der Waals surface area contributed by atoms with Gasteiger partial charge in [0.05, 0.1) is 12.3 Å². The summed E-state index contributed by atoms with van der Waals surface area (Å²) in [6.07, 6.45) is 0.261. The number of nitrogens with one attached hydrogen (secondary N) is 2. The van der Waals surface area contributed by atoms with E-state index in [-0.39, 0.29) is 19.0 Å². The minimum absolute atomic E-state index is 0.0393. The number of ether oxygens (including phenoxy) is 1. The Morgan fingerprint density at radius 2 is 1.92 bits per heavy atom. The summed E-state index contributed by atoms with van der Waals surface area (Å²) in [6.45, 7) is 8.92. The van der Waals surface area contributed by atoms with E-state index >= 15 is 0 Å². The van der Waals surface area contributed by atoms with Crippen molar-refractivity contribution in [2.24, 2.45) is 0 Å². The van der Waals surface area contributed by atoms with Crippen LogP contribution in [-0.4, -0.2) is 40.2 Å². The van der Waals surface area contributed by atoms with E-state index < -0.39 is 23.0 Å². The van der Waals surface area contributed by atoms with Gasteiger partial charge < -0.3 is 15.2 Å². The summed E-state index contributed by atoms with van der Waals surface area (Å²) in [4.78, 5) is 39.0. The van der Waals surface area contributed by atoms with Gasteiger partial charge in [0.15, 0.2) is 5.13 Å². The maximum atomic E-state index is 12.1. The topological polar surface area (TPSA) is 118 Å². The van der Waals surface area contributed by atoms with E-state index in [1.807, 2.05) is 0 Å². The zero-order chi connectivity index (χ0) is 19.3. The monoisotopic (exact) mass is 371 g/mol. The predicted octanol–water partition coefficient (Wildman–Crippen LogP) is 2.75. The number of esters is 1. The molecule has 1 aromatic heterocycles. The van der Waals surface area contributed by atoms with Gasteiger partial charge in [-0.2, -0.15) is 0 Å². The molecule has 2 amide bonds. The fourth-order valence-electron chi connectivity index (χ4n) is 1.95. The Kier molecular flexibility index (Phi) is 6.92. The molecule has 1 aromatic rings. The number of aromatic nitrogens is 1. The zero-order valence-electron chi connectivity index (χ0n) is 15.1. The normalized spacial score (nSPS) is 11.7. The molecule has 1 rings (SSSR count). The van der Waals surface area contributed by atoms with Crippen molar-refractivity contribution < 1.29 is 24.2 Å². The molecule has 0 spiro atoms. The Labute approximate surface area is 151 Å². The van der Waals surface area contributed by atoms with E-state index in [0.29, 0.717) is 17.2 Å². The van der Waals surface area contributed by atoms with Crippen LogP contribution in [0.4, 0.5) is 9.93 Å². The number of amides is 2. The summed E-state index contributed by atoms with van der Waals surface area (Å²) >= 11 is 1.20. The average molecular weight is 371 g/mol. The number of carbonyl (C=O) groups is 3. The Bertz CT molecular complexity index is 639. The summed E-state index contributed by atoms with van der Waals surface area (Å²) in [5.74, 6) is -1.30. The summed E-state index contributed by atoms with van der Waals surface area (Å²) in [5.41, 5.74) is -1.08. The van der Waals surface area contributed by atoms with E-state index in [1.165, 1.54) is 11.3 Å². The van der Waals surface area contributed by atoms with Gasteiger partial charge in [-0.1, -0.05) is 0 Å². The number of anilines is 1. The summed E-state index contributed by atoms with van der Waals surface area (Å²) in [6, 6.07) is -0.481. The standard InChI is InChI=1S/C16H25N3O5S/c1-6-24-12(22)16(4,5)10-9-25-14(17-10)18-13(23)19-15(2,3)8-7-11(20)21/h9H,6-8H2,1-5H3,(H,20,21)(H2,17,18,19,23). The molecule has 0 unspecified atom stereocenters. The number of carboxylic acids is 1. The van der Waals surface area contributed by atoms with Crippen LogP contribution in [0.5, 0.6) is 0 Å². The van der Waals surface area contributed by atoms with Crippen molar-refractivity contribution in [3.63, 3.8) is 0 Å². The molecule has 140 valence electrons. The van der Waals surface area contributed by atoms with Gasteiger partial charge >= 0.3 is 18.0 Å². The van der Waals surface area contributed by atoms with Gasteiger partial charge in [-0.25, -0.2) is 9.78 Å². The van der Waals surface area contributed by atoms with Crippen LogP contribution in [0.25, 0.3) is 0 Å². The molecule has 3 N–H and O–H groups in total. The van der Waals surface area contributed by atoms with E-state index in [9.17, 15) is 14.4 Å². The molecule has 0 aliphatic rings. The second-order valence-electron chi connectivity index (χ2n) is 6.74. The van der Waals surface area contributed by atoms with Crippen molar-refractivity contribution in [1.29, 1.82) is 0 Å². The highest BCUT2D eigenvalue weighted by molar-refractivity contribution is 7.14. The lowest BCUT2D eigenvalue weighted by atomic mass is 9.90. The number of nitrogens with zero attached hydrogens (tertiary/aromatic N) is 1. The van der Waals surface area contributed by atoms with Crippen LogP contribution in [0.15, 0.2) is 5.38 Å². The van der Waals surface area contributed by atoms with Crippen molar-refractivity contribution in [1.82, 2.24) is 10.3 Å². The van der Waals surface area contributed by atoms with E-state index in [4.69, 9.17) is 9.84 Å². The van der Waals surface area contributed by atoms with Gasteiger partial charge in [0.25, 0.3) is 0 Å². The third kappa shape index (κ3) is 6.33. The van der Waals surface area contributed by atoms with Gasteiger partial charge in [-0.3, -0.25) is 14.9 Å². The first-order valence-electron chi connectivity index (χ1n) is 7.92. The van der Waals surface area contributed by atoms with Crippen LogP contribution in [0, 0.1) is 0 Å². The van der Waals surface area contributed by atoms with Gasteiger partial charge in [0, 0.05) is 17.3 Å². The fourth-order valence-corrected chi connectivity index (χ4v) is 2.83. The molecule has 0 atom stereocenters. The van der Waals surface area contributed by atoms with Crippen LogP contribution in [-0.2, 0) is 19.7 Å². The van der Waals surface area contributed by atoms with Crippen LogP contribution in [0.2, 0.25) is 0 Å². The van der Waals surface area contributed by atoms with E-state index in [1.54, 1.807) is 40.0 Å². The lowest BCUT2D eigenvalue weighted by Crippen LogP contribution is -2.45. The number of urea groups is 1. The quantitative estimate of drug-likeness (QED) is 0.605. The molecule has 0 aromatic carbocycles. The molecule has 0 radical (unpaired) electrons. The van der Waals surface area contributed by atoms with Crippen LogP contribution < -0.4 is 10.6 Å². The largest absolute Gasteiger partial charge is 0.481 e. The van der Waals surface area contributed by atoms with Crippen LogP contribution in [0.3, 0.4) is 0 Å². The summed E-state index contributed by atoms with van der Waals surface area (Å²) in [5, 5.41) is 16.1. The van der Waals surface area contributed by atoms with Crippen molar-refractivity contribution in [2.45, 2.75) is 58.4 Å². The van der Waals surface area contributed by atoms with E-state index in [0.717, 1.165) is 0 Å². The number of carbonyl (C=O) groups excluding carboxylic acids is 2. The lowest BCUT2D eigenvalue weighted by molar-refractivity contribution is -0.149. The van der Waals surface area contributed by atoms with Gasteiger partial charge in [0.2, 0.25) is 0 Å². The first kappa shape index (κ1) is 20.9. The molecule has 8 nitrogen and oxygen atoms in total. The number of carboxylic acid groups (broad SMARTS) is 1. The molecule has 25 heavy (non-hydrogen) atoms. The second kappa shape index (κ2) is 8.28. The highest BCUT2D eigenvalue weighted by Gasteiger charge is 2.34. The molecule has 0 saturated carbocycles. The second-order valence-corrected chi connectivity index (χ2v) is 7.60. The van der Waals surface area contributed by atoms with Crippen LogP contribution >= 0.6 is 11.3 Å². The fraction of sp³-hybridized carbons (Fsp3) is 0.625. The SMILES string of the molecule is CCOC(=O)C(C)(C)c1csc(NC(=O)NC(C)(C)CCC(=O)O)n1. The number of hydrogen-bond acceptors (Lipinski definition) is 6. The van der Waals surface area contributed by atoms with E-state index in [2.05, 4.69) is 15.6 Å². The first-order chi connectivity index (χ1) is 11.5. The Morgan fingerprint density at radius 3 is 2.48 bits per heavy atom. The number of hydrogen-bond donors (Lipinski definition) is 3. The summed E-state index contributed by atoms with van der Waals surface area (Å²) < 4.78 is 5.04. The molecular weight excluding hydrogens is 346 g/mol. The third-order valence-electron chi connectivity index (χ3n) is 3.57. The molecule has 0 saturated heterocycles. The maximum Gasteiger partial charge on any atom is 0.321 e. The number of rotatable bonds is 8. The Hall–Kier alpha value is -2.16. The van der Waals surface area contributed by atoms with Gasteiger partial charge in [0.1, 0.15) is 5.41 Å². The van der Waals surface area contributed by atoms with Crippen molar-refractivity contribution in [3.05, 3.63) is 11.1 Å². The Morgan fingerprint density at radius 1 is 1.28 bits per heavy atom. The minimum atomic E-state index is -0.916. The van der Waals surface area contributed by atoms with Gasteiger partial charge in [-0.05, 0) is 41.0 Å². The van der Waals surface area contributed by atoms with Crippen LogP contribution in [0.1, 0.15) is 53.2 Å². The Balaban J connectivity index is 2.70.